The molecule has 2 heterocycles. The molecule has 29 heavy (non-hydrogen) atoms. The van der Waals surface area contributed by atoms with E-state index in [2.05, 4.69) is 15.2 Å². The fourth-order valence-corrected chi connectivity index (χ4v) is 3.91. The summed E-state index contributed by atoms with van der Waals surface area (Å²) in [6.45, 7) is 5.43. The van der Waals surface area contributed by atoms with Crippen molar-refractivity contribution in [1.29, 1.82) is 0 Å². The van der Waals surface area contributed by atoms with Crippen molar-refractivity contribution in [2.45, 2.75) is 58.1 Å². The summed E-state index contributed by atoms with van der Waals surface area (Å²) >= 11 is 0. The highest BCUT2D eigenvalue weighted by molar-refractivity contribution is 7.48. The van der Waals surface area contributed by atoms with E-state index in [1.165, 1.54) is 16.8 Å². The molecular formula is C17H27N4O7P. The van der Waals surface area contributed by atoms with Crippen LogP contribution in [0.3, 0.4) is 0 Å². The Morgan fingerprint density at radius 1 is 1.41 bits per heavy atom. The molecule has 4 atom stereocenters. The van der Waals surface area contributed by atoms with Crippen molar-refractivity contribution < 1.29 is 23.6 Å². The zero-order valence-corrected chi connectivity index (χ0v) is 17.5. The van der Waals surface area contributed by atoms with Gasteiger partial charge in [0.2, 0.25) is 0 Å². The van der Waals surface area contributed by atoms with Gasteiger partial charge in [0.05, 0.1) is 25.4 Å². The molecule has 1 aliphatic heterocycles. The zero-order chi connectivity index (χ0) is 21.4. The number of esters is 1. The Balaban J connectivity index is 1.88. The Morgan fingerprint density at radius 3 is 2.83 bits per heavy atom. The number of nitrogens with one attached hydrogen (secondary N) is 3. The number of carbonyl (C=O) groups excluding carboxylic acids is 2. The number of aldehydes is 1. The van der Waals surface area contributed by atoms with Crippen LogP contribution >= 0.6 is 8.45 Å². The van der Waals surface area contributed by atoms with Gasteiger partial charge in [-0.25, -0.2) is 9.88 Å². The lowest BCUT2D eigenvalue weighted by molar-refractivity contribution is -0.148. The lowest BCUT2D eigenvalue weighted by Gasteiger charge is -2.24. The minimum atomic E-state index is -1.49. The van der Waals surface area contributed by atoms with Crippen LogP contribution in [0, 0.1) is 0 Å². The van der Waals surface area contributed by atoms with Gasteiger partial charge >= 0.3 is 11.7 Å². The predicted molar refractivity (Wildman–Crippen MR) is 105 cm³/mol. The van der Waals surface area contributed by atoms with Crippen molar-refractivity contribution >= 4 is 20.7 Å². The minimum Gasteiger partial charge on any atom is -0.462 e. The molecule has 3 N–H and O–H groups in total. The molecule has 12 heteroatoms. The maximum absolute atomic E-state index is 12.0. The Bertz CT molecular complexity index is 796. The molecule has 0 aromatic carbocycles. The summed E-state index contributed by atoms with van der Waals surface area (Å²) < 4.78 is 18.1. The molecule has 0 bridgehead atoms. The number of aromatic amines is 1. The van der Waals surface area contributed by atoms with Gasteiger partial charge < -0.3 is 18.8 Å². The summed E-state index contributed by atoms with van der Waals surface area (Å²) in [6.07, 6.45) is 2.33. The van der Waals surface area contributed by atoms with E-state index in [1.54, 1.807) is 20.8 Å². The molecule has 0 amide bonds. The molecule has 2 rings (SSSR count). The van der Waals surface area contributed by atoms with Gasteiger partial charge in [0.1, 0.15) is 18.6 Å². The summed E-state index contributed by atoms with van der Waals surface area (Å²) in [5.74, 6) is -0.418. The van der Waals surface area contributed by atoms with Gasteiger partial charge in [0, 0.05) is 12.3 Å². The summed E-state index contributed by atoms with van der Waals surface area (Å²) in [4.78, 5) is 47.9. The summed E-state index contributed by atoms with van der Waals surface area (Å²) in [7, 11) is -1.49. The smallest absolute Gasteiger partial charge is 0.330 e. The van der Waals surface area contributed by atoms with Crippen LogP contribution in [0.5, 0.6) is 0 Å². The van der Waals surface area contributed by atoms with Crippen molar-refractivity contribution in [1.82, 2.24) is 19.7 Å². The van der Waals surface area contributed by atoms with Gasteiger partial charge in [0.25, 0.3) is 5.56 Å². The van der Waals surface area contributed by atoms with E-state index in [9.17, 15) is 19.2 Å². The van der Waals surface area contributed by atoms with Crippen LogP contribution in [0.25, 0.3) is 0 Å². The van der Waals surface area contributed by atoms with E-state index in [0.29, 0.717) is 19.1 Å². The van der Waals surface area contributed by atoms with Crippen molar-refractivity contribution in [3.8, 4) is 0 Å². The van der Waals surface area contributed by atoms with Gasteiger partial charge in [-0.1, -0.05) is 0 Å². The maximum Gasteiger partial charge on any atom is 0.330 e. The van der Waals surface area contributed by atoms with Crippen molar-refractivity contribution in [3.63, 3.8) is 0 Å². The lowest BCUT2D eigenvalue weighted by atomic mass is 10.2. The van der Waals surface area contributed by atoms with Crippen LogP contribution in [0.1, 0.15) is 39.8 Å². The van der Waals surface area contributed by atoms with Crippen LogP contribution in [0.2, 0.25) is 0 Å². The van der Waals surface area contributed by atoms with E-state index < -0.39 is 37.9 Å². The van der Waals surface area contributed by atoms with Gasteiger partial charge in [0.15, 0.2) is 8.45 Å². The fourth-order valence-electron chi connectivity index (χ4n) is 2.64. The molecule has 0 radical (unpaired) electrons. The number of rotatable bonds is 11. The van der Waals surface area contributed by atoms with Gasteiger partial charge in [-0.05, 0) is 33.6 Å². The Hall–Kier alpha value is -1.91. The number of nitrogens with zero attached hydrogens (tertiary/aromatic N) is 1. The number of hydrogen-bond acceptors (Lipinski definition) is 9. The molecule has 0 spiro atoms. The number of aromatic nitrogens is 2. The Kier molecular flexibility index (Phi) is 9.12. The summed E-state index contributed by atoms with van der Waals surface area (Å²) in [5, 5.41) is 5.88. The van der Waals surface area contributed by atoms with Crippen molar-refractivity contribution in [2.24, 2.45) is 0 Å². The Labute approximate surface area is 169 Å². The molecular weight excluding hydrogens is 403 g/mol. The molecule has 1 aromatic heterocycles. The molecule has 1 saturated heterocycles. The number of H-pyrrole nitrogens is 1. The average molecular weight is 430 g/mol. The molecule has 1 aliphatic rings. The second-order valence-corrected chi connectivity index (χ2v) is 8.18. The quantitative estimate of drug-likeness (QED) is 0.255. The third-order valence-corrected chi connectivity index (χ3v) is 5.47. The first-order valence-corrected chi connectivity index (χ1v) is 10.6. The lowest BCUT2D eigenvalue weighted by Crippen LogP contribution is -2.37. The molecule has 0 saturated carbocycles. The predicted octanol–water partition coefficient (Wildman–Crippen LogP) is 0.176. The van der Waals surface area contributed by atoms with Crippen LogP contribution in [0.15, 0.2) is 21.9 Å². The van der Waals surface area contributed by atoms with Gasteiger partial charge in [-0.3, -0.25) is 24.2 Å². The van der Waals surface area contributed by atoms with Crippen molar-refractivity contribution in [3.05, 3.63) is 33.1 Å². The van der Waals surface area contributed by atoms with E-state index in [-0.39, 0.29) is 25.4 Å². The zero-order valence-electron chi connectivity index (χ0n) is 16.6. The van der Waals surface area contributed by atoms with Gasteiger partial charge in [-0.2, -0.15) is 0 Å². The number of hydrogen-bond donors (Lipinski definition) is 3. The second-order valence-electron chi connectivity index (χ2n) is 6.76. The van der Waals surface area contributed by atoms with Crippen LogP contribution < -0.4 is 21.4 Å². The van der Waals surface area contributed by atoms with E-state index in [1.807, 2.05) is 0 Å². The summed E-state index contributed by atoms with van der Waals surface area (Å²) in [5.41, 5.74) is -0.995. The number of ether oxygens (including phenoxy) is 2. The van der Waals surface area contributed by atoms with Crippen LogP contribution in [-0.4, -0.2) is 53.2 Å². The van der Waals surface area contributed by atoms with E-state index in [0.717, 1.165) is 0 Å². The fraction of sp³-hybridized carbons (Fsp3) is 0.647. The number of carbonyl (C=O) groups is 2. The van der Waals surface area contributed by atoms with Crippen molar-refractivity contribution in [2.75, 3.05) is 13.2 Å². The SMILES string of the molecule is CC(C)OC(=O)C(C)NP(NCC=O)OCC1CCC(n2ccc(=O)[nH]c2=O)O1. The summed E-state index contributed by atoms with van der Waals surface area (Å²) in [6, 6.07) is 0.637. The second kappa shape index (κ2) is 11.3. The van der Waals surface area contributed by atoms with E-state index in [4.69, 9.17) is 14.0 Å². The average Bonchev–Trinajstić information content (AvgIpc) is 3.11. The first-order chi connectivity index (χ1) is 13.8. The third-order valence-electron chi connectivity index (χ3n) is 3.97. The first-order valence-electron chi connectivity index (χ1n) is 9.34. The largest absolute Gasteiger partial charge is 0.462 e. The molecule has 1 fully saturated rings. The van der Waals surface area contributed by atoms with Crippen LogP contribution in [-0.2, 0) is 23.6 Å². The standard InChI is InChI=1S/C17H27N4O7P/c1-11(2)27-16(24)12(3)20-29(18-7-9-22)26-10-13-4-5-15(28-13)21-8-6-14(23)19-17(21)25/h6,8-9,11-13,15,18,20H,4-5,7,10H2,1-3H3,(H,19,23,25). The van der Waals surface area contributed by atoms with Crippen LogP contribution in [0.4, 0.5) is 0 Å². The highest BCUT2D eigenvalue weighted by atomic mass is 31.2. The van der Waals surface area contributed by atoms with E-state index >= 15 is 0 Å². The highest BCUT2D eigenvalue weighted by Gasteiger charge is 2.29. The topological polar surface area (TPSA) is 141 Å². The first kappa shape index (κ1) is 23.4. The highest BCUT2D eigenvalue weighted by Crippen LogP contribution is 2.32. The van der Waals surface area contributed by atoms with Gasteiger partial charge in [-0.15, -0.1) is 0 Å². The Morgan fingerprint density at radius 2 is 2.17 bits per heavy atom. The molecule has 4 unspecified atom stereocenters. The monoisotopic (exact) mass is 430 g/mol. The third kappa shape index (κ3) is 7.45. The maximum atomic E-state index is 12.0. The minimum absolute atomic E-state index is 0.0611. The molecule has 162 valence electrons. The normalized spacial score (nSPS) is 21.1. The molecule has 1 aromatic rings. The molecule has 11 nitrogen and oxygen atoms in total. The molecule has 0 aliphatic carbocycles.